The number of benzene rings is 1. The van der Waals surface area contributed by atoms with E-state index in [2.05, 4.69) is 20.6 Å². The van der Waals surface area contributed by atoms with E-state index >= 15 is 0 Å². The molecule has 0 spiro atoms. The van der Waals surface area contributed by atoms with Gasteiger partial charge >= 0.3 is 0 Å². The number of aromatic nitrogens is 1. The van der Waals surface area contributed by atoms with Gasteiger partial charge in [-0.1, -0.05) is 6.07 Å². The first kappa shape index (κ1) is 20.8. The van der Waals surface area contributed by atoms with E-state index in [9.17, 15) is 0 Å². The van der Waals surface area contributed by atoms with E-state index in [0.29, 0.717) is 19.8 Å². The molecular weight excluding hydrogens is 463 g/mol. The number of aliphatic imine (C=N–C) groups is 1. The van der Waals surface area contributed by atoms with Crippen molar-refractivity contribution in [3.63, 3.8) is 0 Å². The Morgan fingerprint density at radius 2 is 1.88 bits per heavy atom. The standard InChI is InChI=1S/C18H24N4O2S.HI/c1-12-17(25-13(2)22-12)11-21-18(19-3)20-10-14-5-6-15-16(9-14)24-8-4-7-23-15;/h5-6,9H,4,7-8,10-11H2,1-3H3,(H2,19,20,21);1H. The lowest BCUT2D eigenvalue weighted by molar-refractivity contribution is 0.297. The largest absolute Gasteiger partial charge is 0.490 e. The Morgan fingerprint density at radius 3 is 2.58 bits per heavy atom. The van der Waals surface area contributed by atoms with Crippen LogP contribution in [0.4, 0.5) is 0 Å². The third-order valence-corrected chi connectivity index (χ3v) is 4.98. The number of hydrogen-bond donors (Lipinski definition) is 2. The molecule has 1 aromatic heterocycles. The lowest BCUT2D eigenvalue weighted by Gasteiger charge is -2.13. The van der Waals surface area contributed by atoms with Crippen LogP contribution in [0, 0.1) is 13.8 Å². The molecular formula is C18H25IN4O2S. The number of thiazole rings is 1. The Kier molecular flexibility index (Phi) is 7.95. The van der Waals surface area contributed by atoms with E-state index in [4.69, 9.17) is 9.47 Å². The van der Waals surface area contributed by atoms with Crippen molar-refractivity contribution in [1.29, 1.82) is 0 Å². The Morgan fingerprint density at radius 1 is 1.15 bits per heavy atom. The second-order valence-electron chi connectivity index (χ2n) is 5.85. The highest BCUT2D eigenvalue weighted by atomic mass is 127. The molecule has 2 N–H and O–H groups in total. The zero-order valence-corrected chi connectivity index (χ0v) is 18.4. The minimum absolute atomic E-state index is 0. The normalized spacial score (nSPS) is 13.6. The van der Waals surface area contributed by atoms with Gasteiger partial charge in [-0.3, -0.25) is 4.99 Å². The first-order valence-electron chi connectivity index (χ1n) is 8.41. The number of nitrogens with zero attached hydrogens (tertiary/aromatic N) is 2. The van der Waals surface area contributed by atoms with Gasteiger partial charge < -0.3 is 20.1 Å². The Balaban J connectivity index is 0.00000243. The van der Waals surface area contributed by atoms with Gasteiger partial charge in [-0.25, -0.2) is 4.98 Å². The molecule has 1 aliphatic heterocycles. The fourth-order valence-electron chi connectivity index (χ4n) is 2.63. The molecule has 1 aromatic carbocycles. The van der Waals surface area contributed by atoms with Gasteiger partial charge in [0.25, 0.3) is 0 Å². The lowest BCUT2D eigenvalue weighted by Crippen LogP contribution is -2.36. The molecule has 8 heteroatoms. The number of fused-ring (bicyclic) bond motifs is 1. The fraction of sp³-hybridized carbons (Fsp3) is 0.444. The highest BCUT2D eigenvalue weighted by Crippen LogP contribution is 2.30. The molecule has 0 aliphatic carbocycles. The van der Waals surface area contributed by atoms with Crippen molar-refractivity contribution < 1.29 is 9.47 Å². The molecule has 1 aliphatic rings. The van der Waals surface area contributed by atoms with Gasteiger partial charge in [0.1, 0.15) is 0 Å². The van der Waals surface area contributed by atoms with E-state index < -0.39 is 0 Å². The van der Waals surface area contributed by atoms with Crippen molar-refractivity contribution in [1.82, 2.24) is 15.6 Å². The van der Waals surface area contributed by atoms with Crippen LogP contribution < -0.4 is 20.1 Å². The van der Waals surface area contributed by atoms with E-state index in [1.165, 1.54) is 4.88 Å². The van der Waals surface area contributed by atoms with Crippen molar-refractivity contribution in [3.8, 4) is 11.5 Å². The van der Waals surface area contributed by atoms with Crippen LogP contribution in [0.5, 0.6) is 11.5 Å². The van der Waals surface area contributed by atoms with Gasteiger partial charge in [-0.05, 0) is 31.5 Å². The fourth-order valence-corrected chi connectivity index (χ4v) is 3.50. The zero-order chi connectivity index (χ0) is 17.6. The molecule has 3 rings (SSSR count). The van der Waals surface area contributed by atoms with Crippen LogP contribution in [0.2, 0.25) is 0 Å². The third-order valence-electron chi connectivity index (χ3n) is 3.91. The molecule has 0 saturated heterocycles. The summed E-state index contributed by atoms with van der Waals surface area (Å²) in [7, 11) is 1.77. The van der Waals surface area contributed by atoms with Gasteiger partial charge in [0.2, 0.25) is 0 Å². The molecule has 26 heavy (non-hydrogen) atoms. The maximum atomic E-state index is 5.74. The van der Waals surface area contributed by atoms with Crippen LogP contribution in [0.15, 0.2) is 23.2 Å². The molecule has 0 atom stereocenters. The average molecular weight is 488 g/mol. The van der Waals surface area contributed by atoms with Crippen LogP contribution in [0.1, 0.15) is 27.6 Å². The predicted octanol–water partition coefficient (Wildman–Crippen LogP) is 3.40. The van der Waals surface area contributed by atoms with Crippen molar-refractivity contribution >= 4 is 41.3 Å². The summed E-state index contributed by atoms with van der Waals surface area (Å²) >= 11 is 1.71. The number of nitrogens with one attached hydrogen (secondary N) is 2. The number of halogens is 1. The number of guanidine groups is 1. The summed E-state index contributed by atoms with van der Waals surface area (Å²) in [6.07, 6.45) is 0.912. The predicted molar refractivity (Wildman–Crippen MR) is 116 cm³/mol. The zero-order valence-electron chi connectivity index (χ0n) is 15.3. The molecule has 2 heterocycles. The van der Waals surface area contributed by atoms with E-state index in [0.717, 1.165) is 46.7 Å². The molecule has 6 nitrogen and oxygen atoms in total. The van der Waals surface area contributed by atoms with Crippen LogP contribution >= 0.6 is 35.3 Å². The molecule has 142 valence electrons. The second-order valence-corrected chi connectivity index (χ2v) is 7.14. The number of hydrogen-bond acceptors (Lipinski definition) is 5. The summed E-state index contributed by atoms with van der Waals surface area (Å²) in [6.45, 7) is 6.85. The summed E-state index contributed by atoms with van der Waals surface area (Å²) in [5.41, 5.74) is 2.20. The second kappa shape index (κ2) is 9.96. The average Bonchev–Trinajstić information content (AvgIpc) is 2.80. The van der Waals surface area contributed by atoms with Crippen molar-refractivity contribution in [2.75, 3.05) is 20.3 Å². The van der Waals surface area contributed by atoms with Gasteiger partial charge in [0.15, 0.2) is 17.5 Å². The summed E-state index contributed by atoms with van der Waals surface area (Å²) in [6, 6.07) is 6.04. The summed E-state index contributed by atoms with van der Waals surface area (Å²) in [5.74, 6) is 2.40. The molecule has 0 bridgehead atoms. The maximum Gasteiger partial charge on any atom is 0.191 e. The van der Waals surface area contributed by atoms with Crippen LogP contribution in [-0.2, 0) is 13.1 Å². The van der Waals surface area contributed by atoms with Crippen LogP contribution in [0.25, 0.3) is 0 Å². The number of aryl methyl sites for hydroxylation is 2. The molecule has 0 amide bonds. The quantitative estimate of drug-likeness (QED) is 0.393. The van der Waals surface area contributed by atoms with Gasteiger partial charge in [-0.15, -0.1) is 35.3 Å². The van der Waals surface area contributed by atoms with E-state index in [1.54, 1.807) is 18.4 Å². The molecule has 0 radical (unpaired) electrons. The van der Waals surface area contributed by atoms with Crippen LogP contribution in [0.3, 0.4) is 0 Å². The first-order valence-corrected chi connectivity index (χ1v) is 9.23. The van der Waals surface area contributed by atoms with Crippen molar-refractivity contribution in [2.45, 2.75) is 33.4 Å². The Bertz CT molecular complexity index is 764. The number of ether oxygens (including phenoxy) is 2. The molecule has 0 fully saturated rings. The summed E-state index contributed by atoms with van der Waals surface area (Å²) in [4.78, 5) is 9.96. The summed E-state index contributed by atoms with van der Waals surface area (Å²) in [5, 5.41) is 7.75. The van der Waals surface area contributed by atoms with Crippen LogP contribution in [-0.4, -0.2) is 31.2 Å². The molecule has 0 saturated carbocycles. The van der Waals surface area contributed by atoms with E-state index in [1.807, 2.05) is 32.0 Å². The third kappa shape index (κ3) is 5.47. The summed E-state index contributed by atoms with van der Waals surface area (Å²) < 4.78 is 11.4. The Labute approximate surface area is 175 Å². The monoisotopic (exact) mass is 488 g/mol. The number of rotatable bonds is 4. The minimum atomic E-state index is 0. The van der Waals surface area contributed by atoms with E-state index in [-0.39, 0.29) is 24.0 Å². The minimum Gasteiger partial charge on any atom is -0.490 e. The lowest BCUT2D eigenvalue weighted by atomic mass is 10.2. The highest BCUT2D eigenvalue weighted by molar-refractivity contribution is 14.0. The van der Waals surface area contributed by atoms with Crippen molar-refractivity contribution in [3.05, 3.63) is 39.3 Å². The molecule has 2 aromatic rings. The SMILES string of the molecule is CN=C(NCc1ccc2c(c1)OCCCO2)NCc1sc(C)nc1C.I. The smallest absolute Gasteiger partial charge is 0.191 e. The Hall–Kier alpha value is -1.55. The first-order chi connectivity index (χ1) is 12.2. The molecule has 0 unspecified atom stereocenters. The highest BCUT2D eigenvalue weighted by Gasteiger charge is 2.11. The van der Waals surface area contributed by atoms with Gasteiger partial charge in [0.05, 0.1) is 30.5 Å². The van der Waals surface area contributed by atoms with Gasteiger partial charge in [0, 0.05) is 24.9 Å². The van der Waals surface area contributed by atoms with Crippen molar-refractivity contribution in [2.24, 2.45) is 4.99 Å². The maximum absolute atomic E-state index is 5.74. The van der Waals surface area contributed by atoms with Gasteiger partial charge in [-0.2, -0.15) is 0 Å². The topological polar surface area (TPSA) is 67.8 Å².